The Bertz CT molecular complexity index is 499. The molecule has 0 atom stereocenters. The summed E-state index contributed by atoms with van der Waals surface area (Å²) in [6.07, 6.45) is 0. The first kappa shape index (κ1) is 16.5. The number of benzene rings is 1. The van der Waals surface area contributed by atoms with Crippen molar-refractivity contribution in [2.24, 2.45) is 11.1 Å². The zero-order valence-corrected chi connectivity index (χ0v) is 13.7. The number of amides is 1. The highest BCUT2D eigenvalue weighted by molar-refractivity contribution is 5.96. The van der Waals surface area contributed by atoms with Crippen molar-refractivity contribution in [3.05, 3.63) is 23.8 Å². The largest absolute Gasteiger partial charge is 0.378 e. The lowest BCUT2D eigenvalue weighted by atomic mass is 9.74. The number of carbonyl (C=O) groups is 1. The predicted octanol–water partition coefficient (Wildman–Crippen LogP) is 2.76. The molecular weight excluding hydrogens is 250 g/mol. The summed E-state index contributed by atoms with van der Waals surface area (Å²) >= 11 is 0. The second-order valence-electron chi connectivity index (χ2n) is 6.69. The Hall–Kier alpha value is -1.55. The van der Waals surface area contributed by atoms with Crippen LogP contribution >= 0.6 is 0 Å². The molecule has 0 spiro atoms. The van der Waals surface area contributed by atoms with Gasteiger partial charge in [-0.1, -0.05) is 0 Å². The van der Waals surface area contributed by atoms with Gasteiger partial charge in [-0.2, -0.15) is 0 Å². The molecular formula is C16H27N3O. The third kappa shape index (κ3) is 3.31. The van der Waals surface area contributed by atoms with Crippen LogP contribution in [0.2, 0.25) is 0 Å². The van der Waals surface area contributed by atoms with Crippen LogP contribution in [0.25, 0.3) is 0 Å². The van der Waals surface area contributed by atoms with Gasteiger partial charge in [0, 0.05) is 31.0 Å². The summed E-state index contributed by atoms with van der Waals surface area (Å²) in [5.74, 6) is -0.0642. The van der Waals surface area contributed by atoms with Crippen molar-refractivity contribution in [3.63, 3.8) is 0 Å². The molecule has 4 nitrogen and oxygen atoms in total. The lowest BCUT2D eigenvalue weighted by molar-refractivity contribution is -0.126. The maximum Gasteiger partial charge on any atom is 0.231 e. The van der Waals surface area contributed by atoms with Crippen LogP contribution in [0.15, 0.2) is 18.2 Å². The average Bonchev–Trinajstić information content (AvgIpc) is 2.29. The van der Waals surface area contributed by atoms with Gasteiger partial charge in [-0.3, -0.25) is 4.79 Å². The van der Waals surface area contributed by atoms with Gasteiger partial charge in [0.1, 0.15) is 0 Å². The number of nitrogens with one attached hydrogen (secondary N) is 1. The zero-order valence-electron chi connectivity index (χ0n) is 13.7. The molecule has 112 valence electrons. The number of hydrogen-bond donors (Lipinski definition) is 2. The van der Waals surface area contributed by atoms with E-state index in [1.54, 1.807) is 0 Å². The Labute approximate surface area is 122 Å². The van der Waals surface area contributed by atoms with Gasteiger partial charge in [-0.05, 0) is 58.4 Å². The molecule has 1 aromatic carbocycles. The van der Waals surface area contributed by atoms with Gasteiger partial charge in [-0.25, -0.2) is 0 Å². The minimum absolute atomic E-state index is 0.0642. The molecule has 0 heterocycles. The third-order valence-electron chi connectivity index (χ3n) is 4.15. The van der Waals surface area contributed by atoms with Crippen LogP contribution in [-0.2, 0) is 4.79 Å². The summed E-state index contributed by atoms with van der Waals surface area (Å²) in [7, 11) is 3.99. The van der Waals surface area contributed by atoms with Crippen molar-refractivity contribution >= 4 is 17.3 Å². The fourth-order valence-corrected chi connectivity index (χ4v) is 1.64. The highest BCUT2D eigenvalue weighted by Gasteiger charge is 2.40. The van der Waals surface area contributed by atoms with Gasteiger partial charge >= 0.3 is 0 Å². The summed E-state index contributed by atoms with van der Waals surface area (Å²) in [5.41, 5.74) is 7.84. The fraction of sp³-hybridized carbons (Fsp3) is 0.562. The molecule has 0 fully saturated rings. The molecule has 4 heteroatoms. The second kappa shape index (κ2) is 5.44. The van der Waals surface area contributed by atoms with Crippen molar-refractivity contribution < 1.29 is 4.79 Å². The minimum atomic E-state index is -0.653. The van der Waals surface area contributed by atoms with E-state index in [1.807, 2.05) is 65.7 Å². The summed E-state index contributed by atoms with van der Waals surface area (Å²) in [6, 6.07) is 5.97. The van der Waals surface area contributed by atoms with E-state index in [0.29, 0.717) is 0 Å². The smallest absolute Gasteiger partial charge is 0.231 e. The van der Waals surface area contributed by atoms with Crippen LogP contribution < -0.4 is 16.0 Å². The predicted molar refractivity (Wildman–Crippen MR) is 86.2 cm³/mol. The number of rotatable bonds is 4. The van der Waals surface area contributed by atoms with E-state index < -0.39 is 11.0 Å². The van der Waals surface area contributed by atoms with Crippen LogP contribution in [0.3, 0.4) is 0 Å². The Balaban J connectivity index is 2.98. The average molecular weight is 277 g/mol. The zero-order chi connectivity index (χ0) is 15.7. The summed E-state index contributed by atoms with van der Waals surface area (Å²) in [4.78, 5) is 14.5. The molecule has 0 saturated heterocycles. The minimum Gasteiger partial charge on any atom is -0.378 e. The van der Waals surface area contributed by atoms with E-state index in [2.05, 4.69) is 11.4 Å². The molecule has 0 unspecified atom stereocenters. The van der Waals surface area contributed by atoms with Crippen molar-refractivity contribution in [1.29, 1.82) is 0 Å². The highest BCUT2D eigenvalue weighted by Crippen LogP contribution is 2.31. The molecule has 3 N–H and O–H groups in total. The molecule has 20 heavy (non-hydrogen) atoms. The van der Waals surface area contributed by atoms with Crippen LogP contribution in [-0.4, -0.2) is 25.5 Å². The lowest BCUT2D eigenvalue weighted by Crippen LogP contribution is -2.53. The Morgan fingerprint density at radius 1 is 1.20 bits per heavy atom. The molecule has 1 rings (SSSR count). The molecule has 0 aliphatic heterocycles. The SMILES string of the molecule is Cc1cc(N(C)C)ccc1NC(=O)C(C)(C)C(C)(C)N. The monoisotopic (exact) mass is 277 g/mol. The van der Waals surface area contributed by atoms with Crippen LogP contribution in [0.1, 0.15) is 33.3 Å². The topological polar surface area (TPSA) is 58.4 Å². The van der Waals surface area contributed by atoms with Crippen LogP contribution in [0.5, 0.6) is 0 Å². The quantitative estimate of drug-likeness (QED) is 0.889. The number of carbonyl (C=O) groups excluding carboxylic acids is 1. The van der Waals surface area contributed by atoms with Gasteiger partial charge in [-0.15, -0.1) is 0 Å². The van der Waals surface area contributed by atoms with Crippen LogP contribution in [0.4, 0.5) is 11.4 Å². The Morgan fingerprint density at radius 3 is 2.15 bits per heavy atom. The summed E-state index contributed by atoms with van der Waals surface area (Å²) in [5, 5.41) is 2.99. The number of nitrogens with two attached hydrogens (primary N) is 1. The molecule has 0 saturated carbocycles. The highest BCUT2D eigenvalue weighted by atomic mass is 16.2. The second-order valence-corrected chi connectivity index (χ2v) is 6.69. The maximum absolute atomic E-state index is 12.5. The molecule has 0 aliphatic carbocycles. The molecule has 0 radical (unpaired) electrons. The standard InChI is InChI=1S/C16H27N3O/c1-11-10-12(19(6)7)8-9-13(11)18-14(20)15(2,3)16(4,5)17/h8-10H,17H2,1-7H3,(H,18,20). The first-order chi connectivity index (χ1) is 8.96. The number of nitrogens with zero attached hydrogens (tertiary/aromatic N) is 1. The van der Waals surface area contributed by atoms with E-state index in [9.17, 15) is 4.79 Å². The van der Waals surface area contributed by atoms with Gasteiger partial charge in [0.25, 0.3) is 0 Å². The van der Waals surface area contributed by atoms with E-state index >= 15 is 0 Å². The number of anilines is 2. The molecule has 0 bridgehead atoms. The molecule has 1 aromatic rings. The van der Waals surface area contributed by atoms with Crippen molar-refractivity contribution in [2.75, 3.05) is 24.3 Å². The van der Waals surface area contributed by atoms with Gasteiger partial charge in [0.05, 0.1) is 5.41 Å². The Kier molecular flexibility index (Phi) is 4.49. The first-order valence-electron chi connectivity index (χ1n) is 6.85. The Morgan fingerprint density at radius 2 is 1.75 bits per heavy atom. The van der Waals surface area contributed by atoms with Gasteiger partial charge in [0.15, 0.2) is 0 Å². The summed E-state index contributed by atoms with van der Waals surface area (Å²) in [6.45, 7) is 9.46. The van der Waals surface area contributed by atoms with Crippen molar-refractivity contribution in [1.82, 2.24) is 0 Å². The van der Waals surface area contributed by atoms with E-state index in [-0.39, 0.29) is 5.91 Å². The fourth-order valence-electron chi connectivity index (χ4n) is 1.64. The normalized spacial score (nSPS) is 12.2. The van der Waals surface area contributed by atoms with Gasteiger partial charge in [0.2, 0.25) is 5.91 Å². The summed E-state index contributed by atoms with van der Waals surface area (Å²) < 4.78 is 0. The first-order valence-corrected chi connectivity index (χ1v) is 6.85. The van der Waals surface area contributed by atoms with Crippen molar-refractivity contribution in [2.45, 2.75) is 40.2 Å². The number of aryl methyl sites for hydroxylation is 1. The molecule has 0 aromatic heterocycles. The van der Waals surface area contributed by atoms with E-state index in [4.69, 9.17) is 5.73 Å². The molecule has 1 amide bonds. The van der Waals surface area contributed by atoms with Crippen LogP contribution in [0, 0.1) is 12.3 Å². The third-order valence-corrected chi connectivity index (χ3v) is 4.15. The van der Waals surface area contributed by atoms with E-state index in [1.165, 1.54) is 0 Å². The van der Waals surface area contributed by atoms with Gasteiger partial charge < -0.3 is 16.0 Å². The molecule has 0 aliphatic rings. The number of hydrogen-bond acceptors (Lipinski definition) is 3. The maximum atomic E-state index is 12.5. The lowest BCUT2D eigenvalue weighted by Gasteiger charge is -2.37. The van der Waals surface area contributed by atoms with E-state index in [0.717, 1.165) is 16.9 Å². The van der Waals surface area contributed by atoms with Crippen molar-refractivity contribution in [3.8, 4) is 0 Å².